The fourth-order valence-corrected chi connectivity index (χ4v) is 2.00. The Bertz CT molecular complexity index is 259. The molecule has 0 atom stereocenters. The van der Waals surface area contributed by atoms with Crippen LogP contribution in [0.3, 0.4) is 0 Å². The van der Waals surface area contributed by atoms with Crippen LogP contribution in [0.5, 0.6) is 0 Å². The second kappa shape index (κ2) is 6.09. The average Bonchev–Trinajstić information content (AvgIpc) is 2.21. The molecule has 0 saturated heterocycles. The van der Waals surface area contributed by atoms with Crippen molar-refractivity contribution in [2.24, 2.45) is 10.9 Å². The predicted octanol–water partition coefficient (Wildman–Crippen LogP) is 4.73. The first kappa shape index (κ1) is 12.5. The number of hydrogen-bond acceptors (Lipinski definition) is 1. The molecule has 15 heavy (non-hydrogen) atoms. The molecular formula is C14H25N. The molecule has 0 N–H and O–H groups in total. The van der Waals surface area contributed by atoms with Crippen molar-refractivity contribution in [2.75, 3.05) is 0 Å². The van der Waals surface area contributed by atoms with Gasteiger partial charge in [-0.1, -0.05) is 27.2 Å². The Kier molecular flexibility index (Phi) is 5.07. The van der Waals surface area contributed by atoms with Crippen molar-refractivity contribution in [1.29, 1.82) is 0 Å². The first-order chi connectivity index (χ1) is 7.15. The molecule has 86 valence electrons. The smallest absolute Gasteiger partial charge is 0.0395 e. The maximum Gasteiger partial charge on any atom is 0.0395 e. The van der Waals surface area contributed by atoms with Gasteiger partial charge in [-0.25, -0.2) is 0 Å². The number of aliphatic imine (C=N–C) groups is 1. The van der Waals surface area contributed by atoms with E-state index in [0.29, 0.717) is 5.92 Å². The summed E-state index contributed by atoms with van der Waals surface area (Å²) in [6, 6.07) is 0. The van der Waals surface area contributed by atoms with Crippen molar-refractivity contribution in [3.8, 4) is 0 Å². The molecule has 0 fully saturated rings. The fraction of sp³-hybridized carbons (Fsp3) is 0.786. The molecule has 0 radical (unpaired) electrons. The van der Waals surface area contributed by atoms with Gasteiger partial charge in [-0.3, -0.25) is 4.99 Å². The van der Waals surface area contributed by atoms with Crippen molar-refractivity contribution < 1.29 is 0 Å². The molecule has 0 bridgehead atoms. The lowest BCUT2D eigenvalue weighted by atomic mass is 9.93. The highest BCUT2D eigenvalue weighted by Crippen LogP contribution is 2.29. The topological polar surface area (TPSA) is 12.4 Å². The van der Waals surface area contributed by atoms with E-state index in [9.17, 15) is 0 Å². The normalized spacial score (nSPS) is 18.9. The Hall–Kier alpha value is -0.590. The third kappa shape index (κ3) is 3.81. The Labute approximate surface area is 94.7 Å². The van der Waals surface area contributed by atoms with Crippen molar-refractivity contribution in [3.63, 3.8) is 0 Å². The van der Waals surface area contributed by atoms with Crippen LogP contribution in [0.2, 0.25) is 0 Å². The summed E-state index contributed by atoms with van der Waals surface area (Å²) in [7, 11) is 0. The molecule has 1 aliphatic carbocycles. The summed E-state index contributed by atoms with van der Waals surface area (Å²) >= 11 is 0. The zero-order chi connectivity index (χ0) is 11.3. The van der Waals surface area contributed by atoms with Crippen LogP contribution in [0.15, 0.2) is 16.3 Å². The van der Waals surface area contributed by atoms with E-state index in [-0.39, 0.29) is 0 Å². The van der Waals surface area contributed by atoms with Crippen LogP contribution in [-0.4, -0.2) is 5.71 Å². The number of allylic oxidation sites excluding steroid dienone is 2. The largest absolute Gasteiger partial charge is 0.262 e. The standard InChI is InChI=1S/C14H25N/c1-5-8-13-9-6-7-10-14(13)15-12(4)11(2)3/h11H,5-10H2,1-4H3/b15-12+. The minimum Gasteiger partial charge on any atom is -0.262 e. The third-order valence-corrected chi connectivity index (χ3v) is 3.25. The van der Waals surface area contributed by atoms with E-state index in [4.69, 9.17) is 4.99 Å². The summed E-state index contributed by atoms with van der Waals surface area (Å²) in [4.78, 5) is 4.83. The first-order valence-electron chi connectivity index (χ1n) is 6.41. The van der Waals surface area contributed by atoms with Gasteiger partial charge in [0, 0.05) is 11.4 Å². The molecule has 0 aromatic carbocycles. The Balaban J connectivity index is 2.82. The van der Waals surface area contributed by atoms with E-state index < -0.39 is 0 Å². The van der Waals surface area contributed by atoms with Crippen LogP contribution in [0.1, 0.15) is 66.2 Å². The monoisotopic (exact) mass is 207 g/mol. The molecule has 0 amide bonds. The third-order valence-electron chi connectivity index (χ3n) is 3.25. The minimum atomic E-state index is 0.585. The average molecular weight is 207 g/mol. The van der Waals surface area contributed by atoms with Crippen LogP contribution in [0.25, 0.3) is 0 Å². The van der Waals surface area contributed by atoms with Crippen molar-refractivity contribution >= 4 is 5.71 Å². The zero-order valence-corrected chi connectivity index (χ0v) is 10.8. The first-order valence-corrected chi connectivity index (χ1v) is 6.41. The van der Waals surface area contributed by atoms with Crippen LogP contribution >= 0.6 is 0 Å². The lowest BCUT2D eigenvalue weighted by Gasteiger charge is -2.18. The molecule has 0 saturated carbocycles. The zero-order valence-electron chi connectivity index (χ0n) is 10.8. The van der Waals surface area contributed by atoms with E-state index >= 15 is 0 Å². The van der Waals surface area contributed by atoms with E-state index in [1.54, 1.807) is 5.57 Å². The van der Waals surface area contributed by atoms with Crippen LogP contribution < -0.4 is 0 Å². The summed E-state index contributed by atoms with van der Waals surface area (Å²) in [5.41, 5.74) is 4.33. The second-order valence-corrected chi connectivity index (χ2v) is 4.92. The molecule has 0 unspecified atom stereocenters. The molecule has 0 aromatic rings. The van der Waals surface area contributed by atoms with Gasteiger partial charge in [0.25, 0.3) is 0 Å². The highest BCUT2D eigenvalue weighted by atomic mass is 14.8. The maximum atomic E-state index is 4.83. The molecule has 0 aliphatic heterocycles. The van der Waals surface area contributed by atoms with Gasteiger partial charge >= 0.3 is 0 Å². The Morgan fingerprint density at radius 3 is 2.53 bits per heavy atom. The summed E-state index contributed by atoms with van der Waals surface area (Å²) in [5.74, 6) is 0.585. The van der Waals surface area contributed by atoms with Crippen LogP contribution in [0, 0.1) is 5.92 Å². The van der Waals surface area contributed by atoms with E-state index in [1.165, 1.54) is 49.9 Å². The molecule has 1 heteroatoms. The molecule has 1 nitrogen and oxygen atoms in total. The quantitative estimate of drug-likeness (QED) is 0.591. The molecular weight excluding hydrogens is 182 g/mol. The van der Waals surface area contributed by atoms with Gasteiger partial charge in [0.15, 0.2) is 0 Å². The molecule has 1 aliphatic rings. The Morgan fingerprint density at radius 2 is 1.93 bits per heavy atom. The maximum absolute atomic E-state index is 4.83. The van der Waals surface area contributed by atoms with Crippen LogP contribution in [-0.2, 0) is 0 Å². The van der Waals surface area contributed by atoms with Gasteiger partial charge in [-0.15, -0.1) is 0 Å². The van der Waals surface area contributed by atoms with E-state index in [1.807, 2.05) is 0 Å². The number of hydrogen-bond donors (Lipinski definition) is 0. The molecule has 0 heterocycles. The van der Waals surface area contributed by atoms with Crippen molar-refractivity contribution in [3.05, 3.63) is 11.3 Å². The van der Waals surface area contributed by atoms with Gasteiger partial charge in [0.1, 0.15) is 0 Å². The fourth-order valence-electron chi connectivity index (χ4n) is 2.00. The van der Waals surface area contributed by atoms with Crippen molar-refractivity contribution in [2.45, 2.75) is 66.2 Å². The SMILES string of the molecule is CCCC1=C(/N=C(\C)C(C)C)CCCC1. The highest BCUT2D eigenvalue weighted by Gasteiger charge is 2.12. The lowest BCUT2D eigenvalue weighted by molar-refractivity contribution is 0.637. The van der Waals surface area contributed by atoms with Gasteiger partial charge in [0.2, 0.25) is 0 Å². The summed E-state index contributed by atoms with van der Waals surface area (Å²) in [5, 5.41) is 0. The van der Waals surface area contributed by atoms with Gasteiger partial charge in [0.05, 0.1) is 0 Å². The number of nitrogens with zero attached hydrogens (tertiary/aromatic N) is 1. The summed E-state index contributed by atoms with van der Waals surface area (Å²) < 4.78 is 0. The van der Waals surface area contributed by atoms with Gasteiger partial charge in [-0.05, 0) is 50.5 Å². The molecule has 0 aromatic heterocycles. The second-order valence-electron chi connectivity index (χ2n) is 4.92. The minimum absolute atomic E-state index is 0.585. The van der Waals surface area contributed by atoms with E-state index in [2.05, 4.69) is 27.7 Å². The van der Waals surface area contributed by atoms with E-state index in [0.717, 1.165) is 0 Å². The van der Waals surface area contributed by atoms with Crippen LogP contribution in [0.4, 0.5) is 0 Å². The lowest BCUT2D eigenvalue weighted by Crippen LogP contribution is -2.05. The summed E-state index contributed by atoms with van der Waals surface area (Å²) in [6.07, 6.45) is 7.71. The number of rotatable bonds is 4. The summed E-state index contributed by atoms with van der Waals surface area (Å²) in [6.45, 7) is 8.87. The highest BCUT2D eigenvalue weighted by molar-refractivity contribution is 5.84. The predicted molar refractivity (Wildman–Crippen MR) is 68.3 cm³/mol. The van der Waals surface area contributed by atoms with Crippen molar-refractivity contribution in [1.82, 2.24) is 0 Å². The Morgan fingerprint density at radius 1 is 1.27 bits per heavy atom. The van der Waals surface area contributed by atoms with Gasteiger partial charge in [-0.2, -0.15) is 0 Å². The van der Waals surface area contributed by atoms with Gasteiger partial charge < -0.3 is 0 Å². The molecule has 1 rings (SSSR count). The molecule has 0 spiro atoms.